The van der Waals surface area contributed by atoms with E-state index in [9.17, 15) is 18.0 Å². The highest BCUT2D eigenvalue weighted by molar-refractivity contribution is 6.42. The maximum Gasteiger partial charge on any atom is 0.410 e. The van der Waals surface area contributed by atoms with Gasteiger partial charge in [-0.1, -0.05) is 35.3 Å². The monoisotopic (exact) mass is 497 g/mol. The Labute approximate surface area is 198 Å². The van der Waals surface area contributed by atoms with E-state index in [1.807, 2.05) is 12.1 Å². The van der Waals surface area contributed by atoms with E-state index in [-0.39, 0.29) is 23.0 Å². The molecule has 6 nitrogen and oxygen atoms in total. The average Bonchev–Trinajstić information content (AvgIpc) is 3.22. The Morgan fingerprint density at radius 3 is 2.67 bits per heavy atom. The summed E-state index contributed by atoms with van der Waals surface area (Å²) in [5, 5.41) is 7.64. The van der Waals surface area contributed by atoms with Crippen molar-refractivity contribution < 1.29 is 18.0 Å². The smallest absolute Gasteiger partial charge is 0.363 e. The van der Waals surface area contributed by atoms with Crippen molar-refractivity contribution in [2.24, 2.45) is 0 Å². The summed E-state index contributed by atoms with van der Waals surface area (Å²) in [6, 6.07) is 8.97. The molecule has 2 aromatic heterocycles. The summed E-state index contributed by atoms with van der Waals surface area (Å²) in [4.78, 5) is 18.5. The number of hydrogen-bond acceptors (Lipinski definition) is 4. The Morgan fingerprint density at radius 2 is 2.00 bits per heavy atom. The number of anilines is 1. The van der Waals surface area contributed by atoms with Crippen LogP contribution in [0.5, 0.6) is 0 Å². The standard InChI is InChI=1S/C22H20Cl2F3N5O/c1-31(9-7-14-4-2-3-8-28-14)21(33)18-12-20-29-17(13-5-6-15(23)16(24)10-13)11-19(22(25,26)27)32(20)30-18/h2-6,8,10,12,17,19,29H,7,9,11H2,1H3. The summed E-state index contributed by atoms with van der Waals surface area (Å²) >= 11 is 12.0. The zero-order chi connectivity index (χ0) is 23.8. The molecule has 0 aliphatic carbocycles. The minimum Gasteiger partial charge on any atom is -0.363 e. The van der Waals surface area contributed by atoms with Crippen molar-refractivity contribution in [3.8, 4) is 0 Å². The molecule has 0 radical (unpaired) electrons. The molecule has 0 fully saturated rings. The molecule has 2 atom stereocenters. The molecule has 3 heterocycles. The van der Waals surface area contributed by atoms with Gasteiger partial charge in [0.2, 0.25) is 0 Å². The molecule has 174 valence electrons. The van der Waals surface area contributed by atoms with Gasteiger partial charge in [-0.3, -0.25) is 9.78 Å². The zero-order valence-electron chi connectivity index (χ0n) is 17.5. The molecule has 0 spiro atoms. The molecule has 1 N–H and O–H groups in total. The van der Waals surface area contributed by atoms with E-state index >= 15 is 0 Å². The lowest BCUT2D eigenvalue weighted by atomic mass is 9.97. The van der Waals surface area contributed by atoms with Gasteiger partial charge in [-0.25, -0.2) is 4.68 Å². The Hall–Kier alpha value is -2.78. The molecular formula is C22H20Cl2F3N5O. The Kier molecular flexibility index (Phi) is 6.54. The molecule has 1 aromatic carbocycles. The van der Waals surface area contributed by atoms with Gasteiger partial charge in [0.1, 0.15) is 5.82 Å². The molecule has 1 aliphatic rings. The van der Waals surface area contributed by atoms with E-state index in [1.54, 1.807) is 37.5 Å². The third-order valence-corrected chi connectivity index (χ3v) is 6.27. The number of benzene rings is 1. The number of pyridine rings is 1. The highest BCUT2D eigenvalue weighted by Crippen LogP contribution is 2.44. The summed E-state index contributed by atoms with van der Waals surface area (Å²) < 4.78 is 42.5. The molecule has 33 heavy (non-hydrogen) atoms. The van der Waals surface area contributed by atoms with Crippen molar-refractivity contribution in [1.29, 1.82) is 0 Å². The number of alkyl halides is 3. The predicted molar refractivity (Wildman–Crippen MR) is 120 cm³/mol. The largest absolute Gasteiger partial charge is 0.410 e. The van der Waals surface area contributed by atoms with Crippen LogP contribution in [0, 0.1) is 0 Å². The highest BCUT2D eigenvalue weighted by Gasteiger charge is 2.47. The number of rotatable bonds is 5. The number of fused-ring (bicyclic) bond motifs is 1. The lowest BCUT2D eigenvalue weighted by Crippen LogP contribution is -2.36. The van der Waals surface area contributed by atoms with Crippen LogP contribution in [0.4, 0.5) is 19.0 Å². The lowest BCUT2D eigenvalue weighted by molar-refractivity contribution is -0.173. The number of likely N-dealkylation sites (N-methyl/N-ethyl adjacent to an activating group) is 1. The van der Waals surface area contributed by atoms with Gasteiger partial charge < -0.3 is 10.2 Å². The fraction of sp³-hybridized carbons (Fsp3) is 0.318. The third kappa shape index (κ3) is 5.09. The maximum absolute atomic E-state index is 13.9. The van der Waals surface area contributed by atoms with E-state index in [2.05, 4.69) is 15.4 Å². The van der Waals surface area contributed by atoms with Crippen molar-refractivity contribution in [2.45, 2.75) is 31.1 Å². The minimum atomic E-state index is -4.55. The van der Waals surface area contributed by atoms with Gasteiger partial charge in [0.15, 0.2) is 11.7 Å². The third-order valence-electron chi connectivity index (χ3n) is 5.53. The van der Waals surface area contributed by atoms with Gasteiger partial charge >= 0.3 is 6.18 Å². The summed E-state index contributed by atoms with van der Waals surface area (Å²) in [5.41, 5.74) is 1.31. The molecule has 1 amide bonds. The molecule has 3 aromatic rings. The number of amides is 1. The number of hydrogen-bond donors (Lipinski definition) is 1. The van der Waals surface area contributed by atoms with Gasteiger partial charge in [0.05, 0.1) is 16.1 Å². The molecule has 4 rings (SSSR count). The molecule has 0 saturated carbocycles. The van der Waals surface area contributed by atoms with Gasteiger partial charge in [0, 0.05) is 44.4 Å². The number of carbonyl (C=O) groups excluding carboxylic acids is 1. The predicted octanol–water partition coefficient (Wildman–Crippen LogP) is 5.56. The first kappa shape index (κ1) is 23.4. The fourth-order valence-corrected chi connectivity index (χ4v) is 4.06. The molecule has 11 heteroatoms. The molecule has 0 saturated heterocycles. The number of aromatic nitrogens is 3. The van der Waals surface area contributed by atoms with Gasteiger partial charge in [-0.15, -0.1) is 0 Å². The van der Waals surface area contributed by atoms with E-state index in [0.29, 0.717) is 23.6 Å². The summed E-state index contributed by atoms with van der Waals surface area (Å²) in [6.45, 7) is 0.347. The van der Waals surface area contributed by atoms with Crippen LogP contribution >= 0.6 is 23.2 Å². The van der Waals surface area contributed by atoms with Crippen molar-refractivity contribution >= 4 is 34.9 Å². The summed E-state index contributed by atoms with van der Waals surface area (Å²) in [5.74, 6) is -0.359. The second-order valence-corrected chi connectivity index (χ2v) is 8.64. The van der Waals surface area contributed by atoms with Crippen LogP contribution in [0.2, 0.25) is 10.0 Å². The van der Waals surface area contributed by atoms with Crippen molar-refractivity contribution in [3.05, 3.63) is 75.7 Å². The molecular weight excluding hydrogens is 478 g/mol. The van der Waals surface area contributed by atoms with Crippen molar-refractivity contribution in [3.63, 3.8) is 0 Å². The van der Waals surface area contributed by atoms with Gasteiger partial charge in [-0.2, -0.15) is 18.3 Å². The van der Waals surface area contributed by atoms with Crippen LogP contribution in [0.25, 0.3) is 0 Å². The SMILES string of the molecule is CN(CCc1ccccn1)C(=O)c1cc2n(n1)C(C(F)(F)F)CC(c1ccc(Cl)c(Cl)c1)N2. The quantitative estimate of drug-likeness (QED) is 0.501. The number of nitrogens with zero attached hydrogens (tertiary/aromatic N) is 4. The topological polar surface area (TPSA) is 63.1 Å². The molecule has 0 bridgehead atoms. The number of halogens is 5. The maximum atomic E-state index is 13.9. The summed E-state index contributed by atoms with van der Waals surface area (Å²) in [6.07, 6.45) is -2.69. The van der Waals surface area contributed by atoms with Gasteiger partial charge in [0.25, 0.3) is 5.91 Å². The first-order chi connectivity index (χ1) is 15.6. The van der Waals surface area contributed by atoms with Crippen LogP contribution in [-0.4, -0.2) is 45.3 Å². The second-order valence-electron chi connectivity index (χ2n) is 7.82. The second kappa shape index (κ2) is 9.23. The van der Waals surface area contributed by atoms with E-state index < -0.39 is 24.2 Å². The van der Waals surface area contributed by atoms with Crippen LogP contribution in [0.15, 0.2) is 48.7 Å². The Bertz CT molecular complexity index is 1150. The first-order valence-corrected chi connectivity index (χ1v) is 10.9. The summed E-state index contributed by atoms with van der Waals surface area (Å²) in [7, 11) is 1.58. The van der Waals surface area contributed by atoms with E-state index in [1.165, 1.54) is 11.0 Å². The number of nitrogens with one attached hydrogen (secondary N) is 1. The molecule has 2 unspecified atom stereocenters. The van der Waals surface area contributed by atoms with Crippen LogP contribution in [-0.2, 0) is 6.42 Å². The van der Waals surface area contributed by atoms with Crippen LogP contribution in [0.3, 0.4) is 0 Å². The highest BCUT2D eigenvalue weighted by atomic mass is 35.5. The Balaban J connectivity index is 1.57. The van der Waals surface area contributed by atoms with E-state index in [0.717, 1.165) is 10.4 Å². The number of carbonyl (C=O) groups is 1. The average molecular weight is 498 g/mol. The van der Waals surface area contributed by atoms with Crippen molar-refractivity contribution in [2.75, 3.05) is 18.9 Å². The van der Waals surface area contributed by atoms with Crippen molar-refractivity contribution in [1.82, 2.24) is 19.7 Å². The van der Waals surface area contributed by atoms with Crippen LogP contribution < -0.4 is 5.32 Å². The Morgan fingerprint density at radius 1 is 1.21 bits per heavy atom. The fourth-order valence-electron chi connectivity index (χ4n) is 3.75. The molecule has 1 aliphatic heterocycles. The van der Waals surface area contributed by atoms with E-state index in [4.69, 9.17) is 23.2 Å². The zero-order valence-corrected chi connectivity index (χ0v) is 19.0. The normalized spacial score (nSPS) is 17.9. The first-order valence-electron chi connectivity index (χ1n) is 10.2. The van der Waals surface area contributed by atoms with Crippen LogP contribution in [0.1, 0.15) is 40.3 Å². The lowest BCUT2D eigenvalue weighted by Gasteiger charge is -2.33. The minimum absolute atomic E-state index is 0.0648. The van der Waals surface area contributed by atoms with Gasteiger partial charge in [-0.05, 0) is 29.8 Å².